The monoisotopic (exact) mass is 332 g/mol. The number of hydrogen-bond acceptors (Lipinski definition) is 4. The first-order valence-corrected chi connectivity index (χ1v) is 7.07. The summed E-state index contributed by atoms with van der Waals surface area (Å²) in [5.74, 6) is -1.86. The summed E-state index contributed by atoms with van der Waals surface area (Å²) in [4.78, 5) is 11.3. The van der Waals surface area contributed by atoms with E-state index in [1.165, 1.54) is 28.9 Å². The van der Waals surface area contributed by atoms with Crippen molar-refractivity contribution in [2.24, 2.45) is 0 Å². The lowest BCUT2D eigenvalue weighted by Gasteiger charge is -2.08. The van der Waals surface area contributed by atoms with Gasteiger partial charge >= 0.3 is 5.97 Å². The molecular formula is C18H9FN4O2. The van der Waals surface area contributed by atoms with Crippen molar-refractivity contribution >= 4 is 5.97 Å². The third kappa shape index (κ3) is 3.07. The fourth-order valence-corrected chi connectivity index (χ4v) is 2.40. The van der Waals surface area contributed by atoms with Crippen LogP contribution in [0.15, 0.2) is 48.5 Å². The van der Waals surface area contributed by atoms with Crippen LogP contribution < -0.4 is 0 Å². The number of carbonyl (C=O) groups is 1. The molecule has 3 rings (SSSR count). The Labute approximate surface area is 141 Å². The molecule has 0 unspecified atom stereocenters. The highest BCUT2D eigenvalue weighted by Crippen LogP contribution is 2.26. The summed E-state index contributed by atoms with van der Waals surface area (Å²) in [6.45, 7) is 0. The second kappa shape index (κ2) is 6.26. The average molecular weight is 332 g/mol. The first-order chi connectivity index (χ1) is 12.0. The van der Waals surface area contributed by atoms with Gasteiger partial charge in [-0.3, -0.25) is 0 Å². The minimum absolute atomic E-state index is 0.102. The SMILES string of the molecule is N#Cc1cc(F)cc(-c2cc(C(=O)O)nn2-c2cccc(C#N)c2)c1. The van der Waals surface area contributed by atoms with Gasteiger partial charge in [0.15, 0.2) is 5.69 Å². The Hall–Kier alpha value is -3.97. The van der Waals surface area contributed by atoms with Gasteiger partial charge in [0.25, 0.3) is 0 Å². The van der Waals surface area contributed by atoms with Crippen LogP contribution in [0.2, 0.25) is 0 Å². The third-order valence-corrected chi connectivity index (χ3v) is 3.47. The van der Waals surface area contributed by atoms with Crippen LogP contribution in [0.25, 0.3) is 16.9 Å². The number of carboxylic acids is 1. The molecule has 0 aliphatic heterocycles. The standard InChI is InChI=1S/C18H9FN4O2/c19-14-5-12(10-21)4-13(7-14)17-8-16(18(24)25)22-23(17)15-3-1-2-11(6-15)9-20/h1-8H,(H,24,25). The molecule has 1 heterocycles. The van der Waals surface area contributed by atoms with Crippen molar-refractivity contribution in [1.29, 1.82) is 10.5 Å². The van der Waals surface area contributed by atoms with Crippen LogP contribution in [-0.4, -0.2) is 20.9 Å². The summed E-state index contributed by atoms with van der Waals surface area (Å²) in [6.07, 6.45) is 0. The van der Waals surface area contributed by atoms with Gasteiger partial charge in [-0.15, -0.1) is 0 Å². The number of aromatic carboxylic acids is 1. The number of nitriles is 2. The Morgan fingerprint density at radius 1 is 1.08 bits per heavy atom. The molecule has 120 valence electrons. The van der Waals surface area contributed by atoms with Gasteiger partial charge in [-0.05, 0) is 42.5 Å². The van der Waals surface area contributed by atoms with Crippen LogP contribution in [0.1, 0.15) is 21.6 Å². The van der Waals surface area contributed by atoms with E-state index in [1.54, 1.807) is 18.2 Å². The number of halogens is 1. The van der Waals surface area contributed by atoms with Crippen LogP contribution in [-0.2, 0) is 0 Å². The second-order valence-corrected chi connectivity index (χ2v) is 5.13. The van der Waals surface area contributed by atoms with Crippen LogP contribution in [0, 0.1) is 28.5 Å². The van der Waals surface area contributed by atoms with Crippen molar-refractivity contribution in [3.05, 3.63) is 71.2 Å². The minimum atomic E-state index is -1.24. The van der Waals surface area contributed by atoms with Gasteiger partial charge in [0.05, 0.1) is 34.6 Å². The molecule has 0 spiro atoms. The van der Waals surface area contributed by atoms with Gasteiger partial charge in [-0.1, -0.05) is 6.07 Å². The largest absolute Gasteiger partial charge is 0.476 e. The molecule has 0 aliphatic rings. The maximum atomic E-state index is 13.8. The summed E-state index contributed by atoms with van der Waals surface area (Å²) in [6, 6.07) is 15.3. The maximum Gasteiger partial charge on any atom is 0.356 e. The predicted molar refractivity (Wildman–Crippen MR) is 85.3 cm³/mol. The molecule has 7 heteroatoms. The normalized spacial score (nSPS) is 10.0. The van der Waals surface area contributed by atoms with Crippen molar-refractivity contribution in [1.82, 2.24) is 9.78 Å². The molecule has 0 aliphatic carbocycles. The topological polar surface area (TPSA) is 103 Å². The van der Waals surface area contributed by atoms with Gasteiger partial charge in [0, 0.05) is 5.56 Å². The molecule has 6 nitrogen and oxygen atoms in total. The summed E-state index contributed by atoms with van der Waals surface area (Å²) < 4.78 is 15.1. The zero-order valence-corrected chi connectivity index (χ0v) is 12.6. The summed E-state index contributed by atoms with van der Waals surface area (Å²) >= 11 is 0. The van der Waals surface area contributed by atoms with E-state index in [0.717, 1.165) is 6.07 Å². The molecule has 0 fully saturated rings. The lowest BCUT2D eigenvalue weighted by molar-refractivity contribution is 0.0690. The Morgan fingerprint density at radius 3 is 2.52 bits per heavy atom. The highest BCUT2D eigenvalue weighted by molar-refractivity contribution is 5.87. The number of rotatable bonds is 3. The molecule has 3 aromatic rings. The maximum absolute atomic E-state index is 13.8. The summed E-state index contributed by atoms with van der Waals surface area (Å²) in [5, 5.41) is 31.3. The molecule has 0 radical (unpaired) electrons. The summed E-state index contributed by atoms with van der Waals surface area (Å²) in [7, 11) is 0. The average Bonchev–Trinajstić information content (AvgIpc) is 3.07. The number of hydrogen-bond donors (Lipinski definition) is 1. The third-order valence-electron chi connectivity index (χ3n) is 3.47. The number of carboxylic acid groups (broad SMARTS) is 1. The van der Waals surface area contributed by atoms with Gasteiger partial charge < -0.3 is 5.11 Å². The smallest absolute Gasteiger partial charge is 0.356 e. The molecule has 1 N–H and O–H groups in total. The molecule has 1 aromatic heterocycles. The molecule has 2 aromatic carbocycles. The van der Waals surface area contributed by atoms with Gasteiger partial charge in [-0.25, -0.2) is 13.9 Å². The fraction of sp³-hybridized carbons (Fsp3) is 0. The Morgan fingerprint density at radius 2 is 1.84 bits per heavy atom. The highest BCUT2D eigenvalue weighted by Gasteiger charge is 2.17. The Balaban J connectivity index is 2.26. The van der Waals surface area contributed by atoms with Crippen LogP contribution in [0.4, 0.5) is 4.39 Å². The van der Waals surface area contributed by atoms with Crippen molar-refractivity contribution in [2.75, 3.05) is 0 Å². The molecule has 25 heavy (non-hydrogen) atoms. The lowest BCUT2D eigenvalue weighted by Crippen LogP contribution is -2.02. The van der Waals surface area contributed by atoms with Gasteiger partial charge in [0.2, 0.25) is 0 Å². The zero-order valence-electron chi connectivity index (χ0n) is 12.6. The highest BCUT2D eigenvalue weighted by atomic mass is 19.1. The van der Waals surface area contributed by atoms with E-state index in [0.29, 0.717) is 22.5 Å². The second-order valence-electron chi connectivity index (χ2n) is 5.13. The van der Waals surface area contributed by atoms with E-state index < -0.39 is 11.8 Å². The fourth-order valence-electron chi connectivity index (χ4n) is 2.40. The zero-order chi connectivity index (χ0) is 18.0. The van der Waals surface area contributed by atoms with E-state index in [2.05, 4.69) is 5.10 Å². The molecule has 0 amide bonds. The molecular weight excluding hydrogens is 323 g/mol. The Kier molecular flexibility index (Phi) is 3.99. The van der Waals surface area contributed by atoms with Crippen molar-refractivity contribution in [2.45, 2.75) is 0 Å². The van der Waals surface area contributed by atoms with E-state index in [4.69, 9.17) is 10.5 Å². The Bertz CT molecular complexity index is 1070. The molecule has 0 saturated carbocycles. The number of aromatic nitrogens is 2. The molecule has 0 bridgehead atoms. The molecule has 0 atom stereocenters. The van der Waals surface area contributed by atoms with Crippen molar-refractivity contribution in [3.8, 4) is 29.1 Å². The van der Waals surface area contributed by atoms with Gasteiger partial charge in [0.1, 0.15) is 5.82 Å². The van der Waals surface area contributed by atoms with Crippen molar-refractivity contribution in [3.63, 3.8) is 0 Å². The number of benzene rings is 2. The van der Waals surface area contributed by atoms with Crippen LogP contribution in [0.5, 0.6) is 0 Å². The van der Waals surface area contributed by atoms with E-state index in [1.807, 2.05) is 12.1 Å². The lowest BCUT2D eigenvalue weighted by atomic mass is 10.1. The van der Waals surface area contributed by atoms with Crippen LogP contribution >= 0.6 is 0 Å². The van der Waals surface area contributed by atoms with E-state index in [9.17, 15) is 14.3 Å². The minimum Gasteiger partial charge on any atom is -0.476 e. The van der Waals surface area contributed by atoms with Crippen LogP contribution in [0.3, 0.4) is 0 Å². The van der Waals surface area contributed by atoms with E-state index in [-0.39, 0.29) is 11.3 Å². The molecule has 0 saturated heterocycles. The van der Waals surface area contributed by atoms with Crippen molar-refractivity contribution < 1.29 is 14.3 Å². The first kappa shape index (κ1) is 15.9. The van der Waals surface area contributed by atoms with Gasteiger partial charge in [-0.2, -0.15) is 15.6 Å². The number of nitrogens with zero attached hydrogens (tertiary/aromatic N) is 4. The predicted octanol–water partition coefficient (Wildman–Crippen LogP) is 3.12. The quantitative estimate of drug-likeness (QED) is 0.794. The van der Waals surface area contributed by atoms with E-state index >= 15 is 0 Å². The summed E-state index contributed by atoms with van der Waals surface area (Å²) in [5.41, 5.74) is 1.28. The first-order valence-electron chi connectivity index (χ1n) is 7.07.